The van der Waals surface area contributed by atoms with Crippen LogP contribution in [0.25, 0.3) is 10.9 Å². The fraction of sp³-hybridized carbons (Fsp3) is 0.490. The van der Waals surface area contributed by atoms with Crippen LogP contribution < -0.4 is 70.8 Å². The van der Waals surface area contributed by atoms with E-state index in [2.05, 4.69) is 52.8 Å². The molecule has 2 fully saturated rings. The van der Waals surface area contributed by atoms with Gasteiger partial charge in [-0.05, 0) is 68.6 Å². The van der Waals surface area contributed by atoms with Crippen molar-refractivity contribution in [2.24, 2.45) is 22.9 Å². The maximum absolute atomic E-state index is 14.7. The summed E-state index contributed by atoms with van der Waals surface area (Å²) in [6, 6.07) is 6.04. The highest BCUT2D eigenvalue weighted by molar-refractivity contribution is 5.98. The van der Waals surface area contributed by atoms with E-state index in [9.17, 15) is 43.2 Å². The minimum absolute atomic E-state index is 0.00883. The van der Waals surface area contributed by atoms with Gasteiger partial charge in [-0.2, -0.15) is 0 Å². The number of nitrogens with one attached hydrogen (secondary N) is 12. The van der Waals surface area contributed by atoms with Gasteiger partial charge in [-0.25, -0.2) is 0 Å². The average molecular weight is 1040 g/mol. The molecule has 5 rings (SSSR count). The Morgan fingerprint density at radius 2 is 1.40 bits per heavy atom. The SMILES string of the molecule is CC(=O)N[C@@H](CCCNC(=N)N)C(=O)N[C@H]1CCC(=O)NCCC[C@@H](C(N)=O)NC(=O)[C@H](Cc2c[nH]c3ccccc23)NC(=O)[C@H](CCCNC(=N)N)NC(=O)[C@@H](Cc2ccccc2)NC(=O)[C@@H]2C[C@@H](N)CN2C1=O. The maximum Gasteiger partial charge on any atom is 0.245 e. The molecule has 26 heteroatoms. The van der Waals surface area contributed by atoms with Crippen molar-refractivity contribution in [1.82, 2.24) is 57.7 Å². The van der Waals surface area contributed by atoms with Gasteiger partial charge < -0.3 is 80.7 Å². The summed E-state index contributed by atoms with van der Waals surface area (Å²) < 4.78 is 0. The van der Waals surface area contributed by atoms with Crippen LogP contribution in [-0.2, 0) is 56.0 Å². The highest BCUT2D eigenvalue weighted by Crippen LogP contribution is 2.22. The first-order valence-corrected chi connectivity index (χ1v) is 24.9. The number of carbonyl (C=O) groups excluding carboxylic acids is 9. The normalized spacial score (nSPS) is 23.0. The summed E-state index contributed by atoms with van der Waals surface area (Å²) >= 11 is 0. The third-order valence-electron chi connectivity index (χ3n) is 12.8. The molecule has 0 spiro atoms. The number of H-pyrrole nitrogens is 1. The van der Waals surface area contributed by atoms with Crippen LogP contribution in [0.2, 0.25) is 0 Å². The number of fused-ring (bicyclic) bond motifs is 2. The van der Waals surface area contributed by atoms with Crippen molar-refractivity contribution in [3.05, 3.63) is 71.9 Å². The van der Waals surface area contributed by atoms with Gasteiger partial charge in [0.05, 0.1) is 0 Å². The Balaban J connectivity index is 1.52. The van der Waals surface area contributed by atoms with Gasteiger partial charge in [-0.1, -0.05) is 48.5 Å². The number of primary amides is 1. The van der Waals surface area contributed by atoms with E-state index in [1.54, 1.807) is 36.5 Å². The van der Waals surface area contributed by atoms with Gasteiger partial charge in [0.25, 0.3) is 0 Å². The molecular weight excluding hydrogens is 971 g/mol. The molecule has 1 aromatic heterocycles. The number of carbonyl (C=O) groups is 9. The molecule has 2 aliphatic rings. The van der Waals surface area contributed by atoms with Crippen LogP contribution in [0.1, 0.15) is 75.8 Å². The number of rotatable bonds is 16. The standard InChI is InChI=1S/C49H71N17O9/c1-27(67)60-34(15-8-20-57-48(52)53)42(70)63-36-17-18-40(68)56-19-7-14-33(41(51)69)61-45(73)38(23-29-25-59-32-13-6-5-12-31(29)32)64-43(71)35(16-9-21-58-49(54)55)62-44(72)37(22-28-10-3-2-4-11-28)65-46(74)39-24-30(50)26-66(39)47(36)75/h2-6,10-13,25,30,33-39,59H,7-9,14-24,26,50H2,1H3,(H2,51,69)(H,56,68)(H,60,67)(H,61,73)(H,62,72)(H,63,70)(H,64,71)(H,65,74)(H4,52,53,57)(H4,54,55,58)/t30-,33+,34+,35+,36+,37-,38+,39+/m1/s1. The van der Waals surface area contributed by atoms with E-state index in [0.29, 0.717) is 11.1 Å². The van der Waals surface area contributed by atoms with E-state index in [-0.39, 0.29) is 109 Å². The van der Waals surface area contributed by atoms with Crippen molar-refractivity contribution in [3.8, 4) is 0 Å². The first kappa shape index (κ1) is 57.6. The minimum Gasteiger partial charge on any atom is -0.370 e. The molecule has 2 saturated heterocycles. The van der Waals surface area contributed by atoms with E-state index in [1.807, 2.05) is 24.3 Å². The monoisotopic (exact) mass is 1040 g/mol. The summed E-state index contributed by atoms with van der Waals surface area (Å²) in [5, 5.41) is 40.0. The number of amides is 9. The van der Waals surface area contributed by atoms with Gasteiger partial charge in [0.15, 0.2) is 11.9 Å². The molecule has 20 N–H and O–H groups in total. The van der Waals surface area contributed by atoms with Gasteiger partial charge in [0.1, 0.15) is 42.3 Å². The van der Waals surface area contributed by atoms with Crippen LogP contribution >= 0.6 is 0 Å². The maximum atomic E-state index is 14.7. The van der Waals surface area contributed by atoms with Gasteiger partial charge in [0, 0.05) is 75.5 Å². The molecule has 0 unspecified atom stereocenters. The number of nitrogens with zero attached hydrogens (tertiary/aromatic N) is 1. The summed E-state index contributed by atoms with van der Waals surface area (Å²) in [5.41, 5.74) is 25.1. The van der Waals surface area contributed by atoms with Crippen LogP contribution in [-0.4, -0.2) is 149 Å². The molecule has 406 valence electrons. The molecule has 0 radical (unpaired) electrons. The zero-order valence-electron chi connectivity index (χ0n) is 41.9. The van der Waals surface area contributed by atoms with Crippen molar-refractivity contribution >= 4 is 76.0 Å². The number of nitrogens with two attached hydrogens (primary N) is 4. The summed E-state index contributed by atoms with van der Waals surface area (Å²) in [6.45, 7) is 1.37. The van der Waals surface area contributed by atoms with Crippen molar-refractivity contribution in [2.75, 3.05) is 26.2 Å². The molecule has 2 aliphatic heterocycles. The van der Waals surface area contributed by atoms with Crippen LogP contribution in [0.3, 0.4) is 0 Å². The number of aromatic nitrogens is 1. The van der Waals surface area contributed by atoms with Gasteiger partial charge in [0.2, 0.25) is 53.2 Å². The van der Waals surface area contributed by atoms with Crippen LogP contribution in [0, 0.1) is 10.8 Å². The second-order valence-electron chi connectivity index (χ2n) is 18.7. The lowest BCUT2D eigenvalue weighted by atomic mass is 10.0. The predicted molar refractivity (Wildman–Crippen MR) is 276 cm³/mol. The van der Waals surface area contributed by atoms with E-state index in [4.69, 9.17) is 33.8 Å². The number of hydrogen-bond donors (Lipinski definition) is 16. The lowest BCUT2D eigenvalue weighted by Gasteiger charge is -2.31. The summed E-state index contributed by atoms with van der Waals surface area (Å²) in [4.78, 5) is 130. The minimum atomic E-state index is -1.44. The molecule has 0 bridgehead atoms. The molecule has 3 heterocycles. The van der Waals surface area contributed by atoms with Gasteiger partial charge in [-0.15, -0.1) is 0 Å². The smallest absolute Gasteiger partial charge is 0.245 e. The second-order valence-corrected chi connectivity index (χ2v) is 18.7. The highest BCUT2D eigenvalue weighted by Gasteiger charge is 2.43. The number of para-hydroxylation sites is 1. The lowest BCUT2D eigenvalue weighted by Crippen LogP contribution is -2.60. The Kier molecular flexibility index (Phi) is 21.7. The topological polar surface area (TPSA) is 433 Å². The predicted octanol–water partition coefficient (Wildman–Crippen LogP) is -3.49. The first-order valence-electron chi connectivity index (χ1n) is 24.9. The fourth-order valence-electron chi connectivity index (χ4n) is 8.99. The summed E-state index contributed by atoms with van der Waals surface area (Å²) in [5.74, 6) is -7.32. The molecule has 26 nitrogen and oxygen atoms in total. The molecule has 9 amide bonds. The van der Waals surface area contributed by atoms with E-state index >= 15 is 0 Å². The molecule has 8 atom stereocenters. The molecule has 2 aromatic carbocycles. The highest BCUT2D eigenvalue weighted by atomic mass is 16.2. The first-order chi connectivity index (χ1) is 35.8. The Morgan fingerprint density at radius 3 is 2.09 bits per heavy atom. The van der Waals surface area contributed by atoms with E-state index < -0.39 is 101 Å². The van der Waals surface area contributed by atoms with Crippen LogP contribution in [0.5, 0.6) is 0 Å². The largest absolute Gasteiger partial charge is 0.370 e. The van der Waals surface area contributed by atoms with E-state index in [0.717, 1.165) is 10.9 Å². The van der Waals surface area contributed by atoms with Crippen molar-refractivity contribution in [3.63, 3.8) is 0 Å². The Morgan fingerprint density at radius 1 is 0.773 bits per heavy atom. The molecular formula is C49H71N17O9. The molecule has 0 saturated carbocycles. The molecule has 0 aliphatic carbocycles. The van der Waals surface area contributed by atoms with Gasteiger partial charge in [-0.3, -0.25) is 54.0 Å². The van der Waals surface area contributed by atoms with Crippen molar-refractivity contribution < 1.29 is 43.2 Å². The van der Waals surface area contributed by atoms with E-state index in [1.165, 1.54) is 11.8 Å². The number of hydrogen-bond acceptors (Lipinski definition) is 12. The van der Waals surface area contributed by atoms with Crippen LogP contribution in [0.4, 0.5) is 0 Å². The van der Waals surface area contributed by atoms with Gasteiger partial charge >= 0.3 is 0 Å². The Bertz CT molecular complexity index is 2540. The van der Waals surface area contributed by atoms with Crippen molar-refractivity contribution in [1.29, 1.82) is 10.8 Å². The fourth-order valence-corrected chi connectivity index (χ4v) is 8.99. The molecule has 3 aromatic rings. The lowest BCUT2D eigenvalue weighted by molar-refractivity contribution is -0.143. The molecule has 75 heavy (non-hydrogen) atoms. The quantitative estimate of drug-likeness (QED) is 0.0377. The second kappa shape index (κ2) is 28.2. The third kappa shape index (κ3) is 18.0. The zero-order chi connectivity index (χ0) is 54.6. The summed E-state index contributed by atoms with van der Waals surface area (Å²) in [6.07, 6.45) is 1.42. The number of benzene rings is 2. The van der Waals surface area contributed by atoms with Crippen LogP contribution in [0.15, 0.2) is 60.8 Å². The average Bonchev–Trinajstić information content (AvgIpc) is 3.97. The Hall–Kier alpha value is -8.29. The van der Waals surface area contributed by atoms with Crippen molar-refractivity contribution in [2.45, 2.75) is 126 Å². The Labute approximate surface area is 433 Å². The number of guanidine groups is 2. The zero-order valence-corrected chi connectivity index (χ0v) is 41.9. The third-order valence-corrected chi connectivity index (χ3v) is 12.8. The summed E-state index contributed by atoms with van der Waals surface area (Å²) in [7, 11) is 0. The number of aromatic amines is 1.